The molecule has 0 nitrogen and oxygen atoms in total. The van der Waals surface area contributed by atoms with Crippen molar-refractivity contribution in [3.8, 4) is 0 Å². The van der Waals surface area contributed by atoms with Crippen LogP contribution in [0.25, 0.3) is 0 Å². The molecule has 1 saturated carbocycles. The van der Waals surface area contributed by atoms with Crippen molar-refractivity contribution in [3.05, 3.63) is 46.5 Å². The first-order valence-electron chi connectivity index (χ1n) is 7.96. The second-order valence-corrected chi connectivity index (χ2v) is 7.40. The molecule has 0 amide bonds. The third-order valence-corrected chi connectivity index (χ3v) is 5.98. The predicted molar refractivity (Wildman–Crippen MR) is 80.4 cm³/mol. The quantitative estimate of drug-likeness (QED) is 0.615. The fourth-order valence-electron chi connectivity index (χ4n) is 4.76. The molecule has 2 bridgehead atoms. The maximum atomic E-state index is 2.52. The zero-order valence-electron chi connectivity index (χ0n) is 12.2. The van der Waals surface area contributed by atoms with Gasteiger partial charge in [-0.3, -0.25) is 0 Å². The van der Waals surface area contributed by atoms with Gasteiger partial charge >= 0.3 is 0 Å². The van der Waals surface area contributed by atoms with Crippen LogP contribution in [0, 0.1) is 11.3 Å². The highest BCUT2D eigenvalue weighted by Crippen LogP contribution is 2.58. The Kier molecular flexibility index (Phi) is 2.46. The van der Waals surface area contributed by atoms with E-state index >= 15 is 0 Å². The van der Waals surface area contributed by atoms with Crippen molar-refractivity contribution in [2.75, 3.05) is 0 Å². The minimum absolute atomic E-state index is 0.646. The Bertz CT molecular complexity index is 549. The second kappa shape index (κ2) is 3.98. The topological polar surface area (TPSA) is 0 Å². The van der Waals surface area contributed by atoms with Gasteiger partial charge in [-0.1, -0.05) is 43.7 Å². The monoisotopic (exact) mass is 252 g/mol. The molecule has 19 heavy (non-hydrogen) atoms. The van der Waals surface area contributed by atoms with Crippen LogP contribution >= 0.6 is 0 Å². The van der Waals surface area contributed by atoms with Gasteiger partial charge in [-0.2, -0.15) is 0 Å². The van der Waals surface area contributed by atoms with E-state index in [2.05, 4.69) is 38.1 Å². The van der Waals surface area contributed by atoms with Crippen LogP contribution < -0.4 is 0 Å². The van der Waals surface area contributed by atoms with Gasteiger partial charge in [0.2, 0.25) is 0 Å². The summed E-state index contributed by atoms with van der Waals surface area (Å²) in [4.78, 5) is 0. The molecule has 1 aromatic carbocycles. The fraction of sp³-hybridized carbons (Fsp3) is 0.579. The summed E-state index contributed by atoms with van der Waals surface area (Å²) < 4.78 is 0. The molecule has 1 spiro atoms. The Morgan fingerprint density at radius 1 is 1.16 bits per heavy atom. The standard InChI is InChI=1S/C19H24/c1-13(2)16-5-4-15-7-8-19(12-17(15)10-16)11-14-3-6-18(19)9-14/h3-5,10,13,18H,6-9,11-12H2,1-2H3. The molecule has 2 unspecified atom stereocenters. The van der Waals surface area contributed by atoms with Crippen LogP contribution in [0.1, 0.15) is 62.1 Å². The molecule has 0 saturated heterocycles. The van der Waals surface area contributed by atoms with Gasteiger partial charge < -0.3 is 0 Å². The average molecular weight is 252 g/mol. The molecule has 4 rings (SSSR count). The number of fused-ring (bicyclic) bond motifs is 4. The first-order valence-corrected chi connectivity index (χ1v) is 7.96. The minimum atomic E-state index is 0.646. The summed E-state index contributed by atoms with van der Waals surface area (Å²) in [7, 11) is 0. The third-order valence-electron chi connectivity index (χ3n) is 5.98. The molecule has 3 aliphatic carbocycles. The summed E-state index contributed by atoms with van der Waals surface area (Å²) in [6.45, 7) is 4.62. The Labute approximate surface area is 116 Å². The Balaban J connectivity index is 1.69. The lowest BCUT2D eigenvalue weighted by molar-refractivity contribution is 0.168. The van der Waals surface area contributed by atoms with E-state index in [0.29, 0.717) is 11.3 Å². The number of hydrogen-bond acceptors (Lipinski definition) is 0. The third kappa shape index (κ3) is 1.72. The lowest BCUT2D eigenvalue weighted by Crippen LogP contribution is -2.33. The van der Waals surface area contributed by atoms with Crippen LogP contribution in [-0.2, 0) is 12.8 Å². The van der Waals surface area contributed by atoms with Crippen LogP contribution in [0.4, 0.5) is 0 Å². The number of hydrogen-bond donors (Lipinski definition) is 0. The highest BCUT2D eigenvalue weighted by molar-refractivity contribution is 5.38. The fourth-order valence-corrected chi connectivity index (χ4v) is 4.76. The zero-order chi connectivity index (χ0) is 13.0. The lowest BCUT2D eigenvalue weighted by Gasteiger charge is -2.40. The summed E-state index contributed by atoms with van der Waals surface area (Å²) in [5, 5.41) is 0. The van der Waals surface area contributed by atoms with E-state index in [1.54, 1.807) is 16.7 Å². The molecule has 0 N–H and O–H groups in total. The summed E-state index contributed by atoms with van der Waals surface area (Å²) in [5.41, 5.74) is 7.25. The van der Waals surface area contributed by atoms with Crippen molar-refractivity contribution in [2.45, 2.75) is 58.3 Å². The number of rotatable bonds is 1. The normalized spacial score (nSPS) is 31.9. The molecule has 0 heterocycles. The SMILES string of the molecule is CC(C)c1ccc2c(c1)CC1(CC2)CC2=CCC1C2. The molecule has 0 heteroatoms. The Morgan fingerprint density at radius 3 is 2.74 bits per heavy atom. The van der Waals surface area contributed by atoms with Gasteiger partial charge in [0.05, 0.1) is 0 Å². The number of benzene rings is 1. The zero-order valence-corrected chi connectivity index (χ0v) is 12.2. The molecule has 0 radical (unpaired) electrons. The van der Waals surface area contributed by atoms with Gasteiger partial charge in [0.15, 0.2) is 0 Å². The molecule has 100 valence electrons. The highest BCUT2D eigenvalue weighted by atomic mass is 14.5. The molecular formula is C19H24. The van der Waals surface area contributed by atoms with Crippen molar-refractivity contribution >= 4 is 0 Å². The van der Waals surface area contributed by atoms with E-state index in [1.807, 2.05) is 0 Å². The largest absolute Gasteiger partial charge is 0.0850 e. The highest BCUT2D eigenvalue weighted by Gasteiger charge is 2.48. The van der Waals surface area contributed by atoms with E-state index in [9.17, 15) is 0 Å². The van der Waals surface area contributed by atoms with Crippen molar-refractivity contribution in [3.63, 3.8) is 0 Å². The Hall–Kier alpha value is -1.04. The Morgan fingerprint density at radius 2 is 2.05 bits per heavy atom. The van der Waals surface area contributed by atoms with E-state index in [1.165, 1.54) is 44.1 Å². The minimum Gasteiger partial charge on any atom is -0.0850 e. The van der Waals surface area contributed by atoms with Crippen LogP contribution in [0.2, 0.25) is 0 Å². The molecule has 0 aromatic heterocycles. The van der Waals surface area contributed by atoms with E-state index < -0.39 is 0 Å². The van der Waals surface area contributed by atoms with Crippen LogP contribution in [-0.4, -0.2) is 0 Å². The van der Waals surface area contributed by atoms with E-state index in [4.69, 9.17) is 0 Å². The maximum absolute atomic E-state index is 2.52. The summed E-state index contributed by atoms with van der Waals surface area (Å²) in [6.07, 6.45) is 10.8. The van der Waals surface area contributed by atoms with Crippen molar-refractivity contribution in [1.82, 2.24) is 0 Å². The van der Waals surface area contributed by atoms with Crippen molar-refractivity contribution in [1.29, 1.82) is 0 Å². The van der Waals surface area contributed by atoms with Gasteiger partial charge in [-0.05, 0) is 72.5 Å². The van der Waals surface area contributed by atoms with Gasteiger partial charge in [0.1, 0.15) is 0 Å². The van der Waals surface area contributed by atoms with Gasteiger partial charge in [-0.15, -0.1) is 0 Å². The molecule has 1 fully saturated rings. The first-order chi connectivity index (χ1) is 9.16. The number of allylic oxidation sites excluding steroid dienone is 2. The average Bonchev–Trinajstić information content (AvgIpc) is 2.98. The molecule has 2 atom stereocenters. The van der Waals surface area contributed by atoms with Crippen molar-refractivity contribution < 1.29 is 0 Å². The maximum Gasteiger partial charge on any atom is -0.0182 e. The number of aryl methyl sites for hydroxylation is 1. The van der Waals surface area contributed by atoms with Gasteiger partial charge in [0, 0.05) is 0 Å². The molecular weight excluding hydrogens is 228 g/mol. The first kappa shape index (κ1) is 11.8. The molecule has 1 aromatic rings. The van der Waals surface area contributed by atoms with Crippen molar-refractivity contribution in [2.24, 2.45) is 11.3 Å². The van der Waals surface area contributed by atoms with Crippen LogP contribution in [0.3, 0.4) is 0 Å². The lowest BCUT2D eigenvalue weighted by atomic mass is 9.64. The summed E-state index contributed by atoms with van der Waals surface area (Å²) >= 11 is 0. The van der Waals surface area contributed by atoms with Gasteiger partial charge in [-0.25, -0.2) is 0 Å². The molecule has 3 aliphatic rings. The predicted octanol–water partition coefficient (Wildman–Crippen LogP) is 5.03. The van der Waals surface area contributed by atoms with E-state index in [0.717, 1.165) is 5.92 Å². The van der Waals surface area contributed by atoms with Crippen LogP contribution in [0.5, 0.6) is 0 Å². The summed E-state index contributed by atoms with van der Waals surface area (Å²) in [5.74, 6) is 1.63. The smallest absolute Gasteiger partial charge is 0.0182 e. The van der Waals surface area contributed by atoms with Gasteiger partial charge in [0.25, 0.3) is 0 Å². The van der Waals surface area contributed by atoms with E-state index in [-0.39, 0.29) is 0 Å². The molecule has 0 aliphatic heterocycles. The van der Waals surface area contributed by atoms with Crippen LogP contribution in [0.15, 0.2) is 29.8 Å². The summed E-state index contributed by atoms with van der Waals surface area (Å²) in [6, 6.07) is 7.27. The second-order valence-electron chi connectivity index (χ2n) is 7.40.